The number of fused-ring (bicyclic) bond motifs is 1. The molecular formula is C17H15NO4. The summed E-state index contributed by atoms with van der Waals surface area (Å²) in [4.78, 5) is 23.2. The van der Waals surface area contributed by atoms with E-state index in [4.69, 9.17) is 4.74 Å². The SMILES string of the molecule is O=C1COc2ccccc2[C@@H]1[C@H](C[N+](=O)[O-])c1ccccc1. The fourth-order valence-corrected chi connectivity index (χ4v) is 2.99. The Morgan fingerprint density at radius 3 is 2.55 bits per heavy atom. The van der Waals surface area contributed by atoms with E-state index in [1.54, 1.807) is 6.07 Å². The van der Waals surface area contributed by atoms with Crippen LogP contribution in [0.2, 0.25) is 0 Å². The Hall–Kier alpha value is -2.69. The van der Waals surface area contributed by atoms with Crippen LogP contribution in [0.1, 0.15) is 23.0 Å². The van der Waals surface area contributed by atoms with Gasteiger partial charge in [0.25, 0.3) is 0 Å². The second kappa shape index (κ2) is 5.97. The van der Waals surface area contributed by atoms with Gasteiger partial charge in [0.1, 0.15) is 12.4 Å². The number of ether oxygens (including phenoxy) is 1. The van der Waals surface area contributed by atoms with E-state index in [9.17, 15) is 14.9 Å². The number of para-hydroxylation sites is 1. The average Bonchev–Trinajstić information content (AvgIpc) is 2.54. The molecule has 2 atom stereocenters. The minimum atomic E-state index is -0.544. The van der Waals surface area contributed by atoms with Gasteiger partial charge in [-0.2, -0.15) is 0 Å². The Balaban J connectivity index is 2.07. The van der Waals surface area contributed by atoms with Crippen molar-refractivity contribution in [3.05, 3.63) is 75.8 Å². The number of Topliss-reactive ketones (excluding diaryl/α,β-unsaturated/α-hetero) is 1. The molecule has 1 heterocycles. The Kier molecular flexibility index (Phi) is 3.87. The van der Waals surface area contributed by atoms with E-state index in [1.165, 1.54) is 0 Å². The monoisotopic (exact) mass is 297 g/mol. The van der Waals surface area contributed by atoms with E-state index in [2.05, 4.69) is 0 Å². The molecule has 0 saturated carbocycles. The summed E-state index contributed by atoms with van der Waals surface area (Å²) in [6.45, 7) is -0.322. The Labute approximate surface area is 127 Å². The molecule has 0 amide bonds. The smallest absolute Gasteiger partial charge is 0.211 e. The molecule has 1 aliphatic rings. The normalized spacial score (nSPS) is 18.2. The minimum absolute atomic E-state index is 0.0390. The number of carbonyl (C=O) groups excluding carboxylic acids is 1. The molecule has 2 aromatic carbocycles. The van der Waals surface area contributed by atoms with Crippen LogP contribution < -0.4 is 4.74 Å². The molecule has 5 nitrogen and oxygen atoms in total. The predicted octanol–water partition coefficient (Wildman–Crippen LogP) is 2.79. The molecule has 2 aromatic rings. The van der Waals surface area contributed by atoms with Gasteiger partial charge in [0.15, 0.2) is 5.78 Å². The van der Waals surface area contributed by atoms with Crippen LogP contribution in [0.25, 0.3) is 0 Å². The molecule has 0 fully saturated rings. The van der Waals surface area contributed by atoms with Crippen molar-refractivity contribution in [2.75, 3.05) is 13.2 Å². The molecule has 0 radical (unpaired) electrons. The number of nitrogens with zero attached hydrogens (tertiary/aromatic N) is 1. The van der Waals surface area contributed by atoms with Crippen LogP contribution in [0, 0.1) is 10.1 Å². The maximum atomic E-state index is 12.4. The van der Waals surface area contributed by atoms with Gasteiger partial charge in [-0.1, -0.05) is 48.5 Å². The lowest BCUT2D eigenvalue weighted by atomic mass is 9.77. The maximum Gasteiger partial charge on any atom is 0.211 e. The molecule has 3 rings (SSSR count). The second-order valence-electron chi connectivity index (χ2n) is 5.30. The summed E-state index contributed by atoms with van der Waals surface area (Å²) in [5, 5.41) is 11.1. The third-order valence-electron chi connectivity index (χ3n) is 3.95. The van der Waals surface area contributed by atoms with Gasteiger partial charge in [-0.3, -0.25) is 14.9 Å². The second-order valence-corrected chi connectivity index (χ2v) is 5.30. The number of ketones is 1. The first-order chi connectivity index (χ1) is 10.7. The van der Waals surface area contributed by atoms with Crippen molar-refractivity contribution >= 4 is 5.78 Å². The zero-order valence-electron chi connectivity index (χ0n) is 11.8. The highest BCUT2D eigenvalue weighted by Gasteiger charge is 2.38. The first kappa shape index (κ1) is 14.3. The molecule has 5 heteroatoms. The first-order valence-electron chi connectivity index (χ1n) is 7.08. The first-order valence-corrected chi connectivity index (χ1v) is 7.08. The number of hydrogen-bond donors (Lipinski definition) is 0. The Bertz CT molecular complexity index is 699. The van der Waals surface area contributed by atoms with E-state index in [1.807, 2.05) is 48.5 Å². The maximum absolute atomic E-state index is 12.4. The molecule has 0 N–H and O–H groups in total. The van der Waals surface area contributed by atoms with E-state index in [0.717, 1.165) is 11.1 Å². The lowest BCUT2D eigenvalue weighted by molar-refractivity contribution is -0.483. The van der Waals surface area contributed by atoms with Crippen molar-refractivity contribution in [2.45, 2.75) is 11.8 Å². The molecule has 22 heavy (non-hydrogen) atoms. The lowest BCUT2D eigenvalue weighted by Crippen LogP contribution is -2.33. The fourth-order valence-electron chi connectivity index (χ4n) is 2.99. The van der Waals surface area contributed by atoms with E-state index in [-0.39, 0.29) is 23.9 Å². The standard InChI is InChI=1S/C17H15NO4/c19-15-11-22-16-9-5-4-8-13(16)17(15)14(10-18(20)21)12-6-2-1-3-7-12/h1-9,14,17H,10-11H2/t14-,17-/m1/s1. The van der Waals surface area contributed by atoms with Gasteiger partial charge in [-0.25, -0.2) is 0 Å². The molecule has 0 aliphatic carbocycles. The van der Waals surface area contributed by atoms with Crippen molar-refractivity contribution in [2.24, 2.45) is 0 Å². The molecule has 0 unspecified atom stereocenters. The molecule has 1 aliphatic heterocycles. The van der Waals surface area contributed by atoms with Crippen LogP contribution in [-0.2, 0) is 4.79 Å². The van der Waals surface area contributed by atoms with E-state index >= 15 is 0 Å². The van der Waals surface area contributed by atoms with Crippen LogP contribution >= 0.6 is 0 Å². The third kappa shape index (κ3) is 2.70. The zero-order valence-corrected chi connectivity index (χ0v) is 11.8. The summed E-state index contributed by atoms with van der Waals surface area (Å²) in [5.41, 5.74) is 1.53. The van der Waals surface area contributed by atoms with Gasteiger partial charge in [0, 0.05) is 10.5 Å². The molecule has 0 bridgehead atoms. The zero-order chi connectivity index (χ0) is 15.5. The summed E-state index contributed by atoms with van der Waals surface area (Å²) in [5.74, 6) is -0.516. The number of benzene rings is 2. The van der Waals surface area contributed by atoms with Crippen LogP contribution in [0.3, 0.4) is 0 Å². The predicted molar refractivity (Wildman–Crippen MR) is 80.7 cm³/mol. The topological polar surface area (TPSA) is 69.4 Å². The summed E-state index contributed by atoms with van der Waals surface area (Å²) >= 11 is 0. The van der Waals surface area contributed by atoms with Gasteiger partial charge in [0.2, 0.25) is 6.54 Å². The number of nitro groups is 1. The van der Waals surface area contributed by atoms with Crippen molar-refractivity contribution < 1.29 is 14.5 Å². The molecule has 0 aromatic heterocycles. The van der Waals surface area contributed by atoms with Crippen LogP contribution in [0.5, 0.6) is 5.75 Å². The highest BCUT2D eigenvalue weighted by Crippen LogP contribution is 2.40. The minimum Gasteiger partial charge on any atom is -0.486 e. The van der Waals surface area contributed by atoms with Gasteiger partial charge in [0.05, 0.1) is 11.8 Å². The fraction of sp³-hybridized carbons (Fsp3) is 0.235. The van der Waals surface area contributed by atoms with Crippen LogP contribution in [0.15, 0.2) is 54.6 Å². The average molecular weight is 297 g/mol. The quantitative estimate of drug-likeness (QED) is 0.642. The third-order valence-corrected chi connectivity index (χ3v) is 3.95. The van der Waals surface area contributed by atoms with Gasteiger partial charge >= 0.3 is 0 Å². The molecule has 112 valence electrons. The van der Waals surface area contributed by atoms with Crippen LogP contribution in [0.4, 0.5) is 0 Å². The van der Waals surface area contributed by atoms with Gasteiger partial charge < -0.3 is 4.74 Å². The van der Waals surface area contributed by atoms with Crippen molar-refractivity contribution in [1.82, 2.24) is 0 Å². The number of rotatable bonds is 4. The molecule has 0 saturated heterocycles. The summed E-state index contributed by atoms with van der Waals surface area (Å²) in [6, 6.07) is 16.4. The van der Waals surface area contributed by atoms with Gasteiger partial charge in [-0.05, 0) is 11.6 Å². The number of carbonyl (C=O) groups is 1. The van der Waals surface area contributed by atoms with Gasteiger partial charge in [-0.15, -0.1) is 0 Å². The lowest BCUT2D eigenvalue weighted by Gasteiger charge is -2.29. The molecular weight excluding hydrogens is 282 g/mol. The Morgan fingerprint density at radius 1 is 1.14 bits per heavy atom. The summed E-state index contributed by atoms with van der Waals surface area (Å²) in [6.07, 6.45) is 0. The van der Waals surface area contributed by atoms with E-state index < -0.39 is 11.8 Å². The largest absolute Gasteiger partial charge is 0.486 e. The summed E-state index contributed by atoms with van der Waals surface area (Å²) < 4.78 is 5.44. The van der Waals surface area contributed by atoms with Crippen molar-refractivity contribution in [3.8, 4) is 5.75 Å². The highest BCUT2D eigenvalue weighted by molar-refractivity contribution is 5.90. The number of hydrogen-bond acceptors (Lipinski definition) is 4. The highest BCUT2D eigenvalue weighted by atomic mass is 16.6. The van der Waals surface area contributed by atoms with Crippen molar-refractivity contribution in [3.63, 3.8) is 0 Å². The molecule has 0 spiro atoms. The summed E-state index contributed by atoms with van der Waals surface area (Å²) in [7, 11) is 0. The van der Waals surface area contributed by atoms with Crippen LogP contribution in [-0.4, -0.2) is 23.9 Å². The Morgan fingerprint density at radius 2 is 1.82 bits per heavy atom. The van der Waals surface area contributed by atoms with E-state index in [0.29, 0.717) is 5.75 Å². The van der Waals surface area contributed by atoms with Crippen molar-refractivity contribution in [1.29, 1.82) is 0 Å².